The number of nitro groups is 1. The van der Waals surface area contributed by atoms with Crippen LogP contribution in [0, 0.1) is 10.1 Å². The van der Waals surface area contributed by atoms with Gasteiger partial charge in [0.15, 0.2) is 0 Å². The van der Waals surface area contributed by atoms with Crippen molar-refractivity contribution in [2.45, 2.75) is 46.7 Å². The summed E-state index contributed by atoms with van der Waals surface area (Å²) in [6.45, 7) is 9.31. The zero-order chi connectivity index (χ0) is 19.1. The Morgan fingerprint density at radius 3 is 2.20 bits per heavy atom. The molecule has 0 saturated heterocycles. The van der Waals surface area contributed by atoms with Gasteiger partial charge in [-0.1, -0.05) is 12.1 Å². The summed E-state index contributed by atoms with van der Waals surface area (Å²) in [5.41, 5.74) is 5.03. The van der Waals surface area contributed by atoms with Crippen LogP contribution in [0.3, 0.4) is 0 Å². The third kappa shape index (κ3) is 5.59. The molecular formula is C17H24N4O4. The van der Waals surface area contributed by atoms with Crippen LogP contribution in [0.1, 0.15) is 45.0 Å². The summed E-state index contributed by atoms with van der Waals surface area (Å²) in [5.74, 6) is -0.841. The molecule has 0 unspecified atom stereocenters. The lowest BCUT2D eigenvalue weighted by atomic mass is 10.2. The molecule has 0 heterocycles. The zero-order valence-corrected chi connectivity index (χ0v) is 15.1. The molecule has 0 aliphatic heterocycles. The first-order valence-electron chi connectivity index (χ1n) is 7.95. The van der Waals surface area contributed by atoms with Gasteiger partial charge in [0, 0.05) is 29.9 Å². The maximum atomic E-state index is 12.3. The van der Waals surface area contributed by atoms with Crippen LogP contribution in [0.2, 0.25) is 0 Å². The standard InChI is InChI=1S/C17H24N4O4/c1-11(2)20(12(3)4)16(22)10-13(5)18-19-17(23)14-8-6-7-9-15(14)21(24)25/h6-12,18H,1-5H3,(H,19,23). The number of benzene rings is 1. The van der Waals surface area contributed by atoms with E-state index in [2.05, 4.69) is 10.9 Å². The van der Waals surface area contributed by atoms with Crippen LogP contribution in [-0.4, -0.2) is 33.7 Å². The minimum Gasteiger partial charge on any atom is -0.334 e. The molecule has 0 radical (unpaired) electrons. The minimum atomic E-state index is -0.655. The van der Waals surface area contributed by atoms with Gasteiger partial charge in [0.2, 0.25) is 5.91 Å². The number of carbonyl (C=O) groups excluding carboxylic acids is 2. The number of amides is 2. The summed E-state index contributed by atoms with van der Waals surface area (Å²) < 4.78 is 0. The van der Waals surface area contributed by atoms with Crippen molar-refractivity contribution in [2.75, 3.05) is 0 Å². The van der Waals surface area contributed by atoms with Crippen LogP contribution in [0.25, 0.3) is 0 Å². The highest BCUT2D eigenvalue weighted by atomic mass is 16.6. The maximum Gasteiger partial charge on any atom is 0.282 e. The van der Waals surface area contributed by atoms with Gasteiger partial charge < -0.3 is 10.3 Å². The van der Waals surface area contributed by atoms with E-state index in [9.17, 15) is 19.7 Å². The average molecular weight is 348 g/mol. The van der Waals surface area contributed by atoms with E-state index in [0.29, 0.717) is 5.70 Å². The van der Waals surface area contributed by atoms with Crippen molar-refractivity contribution in [3.05, 3.63) is 51.7 Å². The average Bonchev–Trinajstić information content (AvgIpc) is 2.51. The quantitative estimate of drug-likeness (QED) is 0.447. The van der Waals surface area contributed by atoms with Gasteiger partial charge in [-0.15, -0.1) is 0 Å². The molecule has 25 heavy (non-hydrogen) atoms. The Morgan fingerprint density at radius 2 is 1.68 bits per heavy atom. The monoisotopic (exact) mass is 348 g/mol. The lowest BCUT2D eigenvalue weighted by molar-refractivity contribution is -0.385. The highest BCUT2D eigenvalue weighted by Crippen LogP contribution is 2.17. The predicted octanol–water partition coefficient (Wildman–Crippen LogP) is 2.38. The van der Waals surface area contributed by atoms with Crippen LogP contribution in [0.5, 0.6) is 0 Å². The fourth-order valence-electron chi connectivity index (χ4n) is 2.45. The minimum absolute atomic E-state index is 0.0399. The summed E-state index contributed by atoms with van der Waals surface area (Å²) >= 11 is 0. The van der Waals surface area contributed by atoms with Crippen molar-refractivity contribution in [3.8, 4) is 0 Å². The molecule has 2 amide bonds. The second-order valence-electron chi connectivity index (χ2n) is 6.11. The van der Waals surface area contributed by atoms with E-state index < -0.39 is 10.8 Å². The van der Waals surface area contributed by atoms with E-state index in [0.717, 1.165) is 0 Å². The first kappa shape index (κ1) is 20.1. The topological polar surface area (TPSA) is 105 Å². The second kappa shape index (κ2) is 8.81. The van der Waals surface area contributed by atoms with Gasteiger partial charge in [0.05, 0.1) is 4.92 Å². The Morgan fingerprint density at radius 1 is 1.12 bits per heavy atom. The molecule has 0 aliphatic carbocycles. The molecule has 0 fully saturated rings. The van der Waals surface area contributed by atoms with Gasteiger partial charge in [-0.2, -0.15) is 0 Å². The van der Waals surface area contributed by atoms with Gasteiger partial charge in [-0.25, -0.2) is 0 Å². The van der Waals surface area contributed by atoms with Crippen LogP contribution < -0.4 is 10.9 Å². The van der Waals surface area contributed by atoms with Crippen LogP contribution in [-0.2, 0) is 4.79 Å². The highest BCUT2D eigenvalue weighted by molar-refractivity contribution is 5.98. The Bertz CT molecular complexity index is 675. The molecule has 0 aliphatic rings. The van der Waals surface area contributed by atoms with Crippen LogP contribution >= 0.6 is 0 Å². The number of nitrogens with one attached hydrogen (secondary N) is 2. The van der Waals surface area contributed by atoms with Crippen molar-refractivity contribution in [3.63, 3.8) is 0 Å². The van der Waals surface area contributed by atoms with Crippen molar-refractivity contribution < 1.29 is 14.5 Å². The number of nitrogens with zero attached hydrogens (tertiary/aromatic N) is 2. The largest absolute Gasteiger partial charge is 0.334 e. The number of carbonyl (C=O) groups is 2. The van der Waals surface area contributed by atoms with E-state index in [4.69, 9.17) is 0 Å². The van der Waals surface area contributed by atoms with Crippen molar-refractivity contribution in [1.29, 1.82) is 0 Å². The molecule has 0 saturated carbocycles. The summed E-state index contributed by atoms with van der Waals surface area (Å²) in [4.78, 5) is 36.5. The fourth-order valence-corrected chi connectivity index (χ4v) is 2.45. The van der Waals surface area contributed by atoms with E-state index in [1.54, 1.807) is 11.8 Å². The van der Waals surface area contributed by atoms with E-state index >= 15 is 0 Å². The number of nitro benzene ring substituents is 1. The molecule has 1 rings (SSSR count). The third-order valence-corrected chi connectivity index (χ3v) is 3.43. The molecule has 8 heteroatoms. The molecule has 8 nitrogen and oxygen atoms in total. The summed E-state index contributed by atoms with van der Waals surface area (Å²) in [6, 6.07) is 5.72. The van der Waals surface area contributed by atoms with Crippen molar-refractivity contribution in [1.82, 2.24) is 15.8 Å². The van der Waals surface area contributed by atoms with E-state index in [1.165, 1.54) is 30.3 Å². The van der Waals surface area contributed by atoms with Gasteiger partial charge in [0.25, 0.3) is 11.6 Å². The summed E-state index contributed by atoms with van der Waals surface area (Å²) in [6.07, 6.45) is 1.37. The number of rotatable bonds is 7. The van der Waals surface area contributed by atoms with Gasteiger partial charge in [0.1, 0.15) is 5.56 Å². The van der Waals surface area contributed by atoms with Crippen LogP contribution in [0.4, 0.5) is 5.69 Å². The summed E-state index contributed by atoms with van der Waals surface area (Å²) in [5, 5.41) is 11.0. The number of hydrazine groups is 1. The predicted molar refractivity (Wildman–Crippen MR) is 94.6 cm³/mol. The van der Waals surface area contributed by atoms with Gasteiger partial charge in [-0.05, 0) is 40.7 Å². The first-order chi connectivity index (χ1) is 11.6. The third-order valence-electron chi connectivity index (χ3n) is 3.43. The molecule has 0 bridgehead atoms. The molecule has 2 N–H and O–H groups in total. The number of hydrogen-bond acceptors (Lipinski definition) is 5. The fraction of sp³-hybridized carbons (Fsp3) is 0.412. The smallest absolute Gasteiger partial charge is 0.282 e. The molecular weight excluding hydrogens is 324 g/mol. The first-order valence-corrected chi connectivity index (χ1v) is 7.95. The highest BCUT2D eigenvalue weighted by Gasteiger charge is 2.20. The molecule has 1 aromatic carbocycles. The normalized spacial score (nSPS) is 11.4. The number of hydrogen-bond donors (Lipinski definition) is 2. The molecule has 0 atom stereocenters. The Hall–Kier alpha value is -2.90. The van der Waals surface area contributed by atoms with Crippen molar-refractivity contribution >= 4 is 17.5 Å². The summed E-state index contributed by atoms with van der Waals surface area (Å²) in [7, 11) is 0. The molecule has 1 aromatic rings. The number of para-hydroxylation sites is 1. The van der Waals surface area contributed by atoms with Crippen molar-refractivity contribution in [2.24, 2.45) is 0 Å². The Balaban J connectivity index is 2.79. The lowest BCUT2D eigenvalue weighted by Crippen LogP contribution is -2.42. The zero-order valence-electron chi connectivity index (χ0n) is 15.1. The lowest BCUT2D eigenvalue weighted by Gasteiger charge is -2.29. The SMILES string of the molecule is CC(=CC(=O)N(C(C)C)C(C)C)NNC(=O)c1ccccc1[N+](=O)[O-]. The van der Waals surface area contributed by atoms with Crippen LogP contribution in [0.15, 0.2) is 36.0 Å². The van der Waals surface area contributed by atoms with Gasteiger partial charge >= 0.3 is 0 Å². The number of allylic oxidation sites excluding steroid dienone is 1. The Kier molecular flexibility index (Phi) is 7.10. The van der Waals surface area contributed by atoms with Gasteiger partial charge in [-0.3, -0.25) is 25.1 Å². The second-order valence-corrected chi connectivity index (χ2v) is 6.11. The molecule has 0 spiro atoms. The maximum absolute atomic E-state index is 12.3. The molecule has 0 aromatic heterocycles. The molecule has 136 valence electrons. The van der Waals surface area contributed by atoms with E-state index in [-0.39, 0.29) is 29.2 Å². The Labute approximate surface area is 147 Å². The van der Waals surface area contributed by atoms with E-state index in [1.807, 2.05) is 27.7 Å².